The number of aliphatic carboxylic acids is 1. The Morgan fingerprint density at radius 1 is 0.842 bits per heavy atom. The Morgan fingerprint density at radius 2 is 1.37 bits per heavy atom. The van der Waals surface area contributed by atoms with Gasteiger partial charge in [-0.25, -0.2) is 4.79 Å². The molecule has 0 aliphatic rings. The van der Waals surface area contributed by atoms with E-state index in [0.29, 0.717) is 5.56 Å². The molecule has 3 N–H and O–H groups in total. The van der Waals surface area contributed by atoms with E-state index >= 15 is 0 Å². The molecular formula is C15H14O4. The first kappa shape index (κ1) is 13.3. The van der Waals surface area contributed by atoms with Gasteiger partial charge in [0.15, 0.2) is 6.10 Å². The fourth-order valence-electron chi connectivity index (χ4n) is 1.82. The second kappa shape index (κ2) is 5.65. The third-order valence-electron chi connectivity index (χ3n) is 2.91. The van der Waals surface area contributed by atoms with E-state index in [1.54, 1.807) is 24.3 Å². The zero-order chi connectivity index (χ0) is 13.8. The van der Waals surface area contributed by atoms with Crippen molar-refractivity contribution in [3.63, 3.8) is 0 Å². The molecule has 0 saturated carbocycles. The van der Waals surface area contributed by atoms with Gasteiger partial charge in [0.25, 0.3) is 0 Å². The molecule has 2 atom stereocenters. The fraction of sp³-hybridized carbons (Fsp3) is 0.133. The average Bonchev–Trinajstić information content (AvgIpc) is 2.46. The summed E-state index contributed by atoms with van der Waals surface area (Å²) in [5.74, 6) is -1.44. The SMILES string of the molecule is O=C(O)C(O)C(O)c1ccc(-c2ccccc2)cc1. The molecule has 2 unspecified atom stereocenters. The minimum atomic E-state index is -1.82. The van der Waals surface area contributed by atoms with Crippen molar-refractivity contribution in [1.82, 2.24) is 0 Å². The summed E-state index contributed by atoms with van der Waals surface area (Å²) in [6, 6.07) is 16.5. The monoisotopic (exact) mass is 258 g/mol. The number of benzene rings is 2. The largest absolute Gasteiger partial charge is 0.479 e. The van der Waals surface area contributed by atoms with E-state index in [2.05, 4.69) is 0 Å². The van der Waals surface area contributed by atoms with Gasteiger partial charge in [0, 0.05) is 0 Å². The van der Waals surface area contributed by atoms with Crippen LogP contribution in [0.15, 0.2) is 54.6 Å². The molecule has 0 amide bonds. The van der Waals surface area contributed by atoms with Crippen molar-refractivity contribution >= 4 is 5.97 Å². The molecule has 0 aromatic heterocycles. The highest BCUT2D eigenvalue weighted by Crippen LogP contribution is 2.23. The summed E-state index contributed by atoms with van der Waals surface area (Å²) >= 11 is 0. The maximum Gasteiger partial charge on any atom is 0.335 e. The van der Waals surface area contributed by atoms with E-state index in [1.165, 1.54) is 0 Å². The van der Waals surface area contributed by atoms with Crippen molar-refractivity contribution in [1.29, 1.82) is 0 Å². The maximum atomic E-state index is 10.6. The van der Waals surface area contributed by atoms with Gasteiger partial charge in [-0.05, 0) is 16.7 Å². The predicted molar refractivity (Wildman–Crippen MR) is 70.5 cm³/mol. The highest BCUT2D eigenvalue weighted by molar-refractivity contribution is 5.73. The van der Waals surface area contributed by atoms with Crippen LogP contribution in [0.3, 0.4) is 0 Å². The third-order valence-corrected chi connectivity index (χ3v) is 2.91. The summed E-state index contributed by atoms with van der Waals surface area (Å²) in [6.45, 7) is 0. The normalized spacial score (nSPS) is 13.8. The first-order valence-corrected chi connectivity index (χ1v) is 5.84. The molecule has 4 heteroatoms. The molecule has 0 saturated heterocycles. The highest BCUT2D eigenvalue weighted by atomic mass is 16.4. The topological polar surface area (TPSA) is 77.8 Å². The predicted octanol–water partition coefficient (Wildman–Crippen LogP) is 1.83. The molecule has 2 rings (SSSR count). The molecule has 19 heavy (non-hydrogen) atoms. The third kappa shape index (κ3) is 2.99. The maximum absolute atomic E-state index is 10.6. The van der Waals surface area contributed by atoms with Crippen molar-refractivity contribution in [2.45, 2.75) is 12.2 Å². The Bertz CT molecular complexity index is 548. The van der Waals surface area contributed by atoms with Gasteiger partial charge in [-0.3, -0.25) is 0 Å². The molecule has 0 fully saturated rings. The molecule has 0 spiro atoms. The minimum Gasteiger partial charge on any atom is -0.479 e. The van der Waals surface area contributed by atoms with Crippen molar-refractivity contribution in [3.8, 4) is 11.1 Å². The molecule has 0 heterocycles. The Labute approximate surface area is 110 Å². The lowest BCUT2D eigenvalue weighted by atomic mass is 10.00. The summed E-state index contributed by atoms with van der Waals surface area (Å²) < 4.78 is 0. The Kier molecular flexibility index (Phi) is 3.94. The van der Waals surface area contributed by atoms with Gasteiger partial charge >= 0.3 is 5.97 Å². The van der Waals surface area contributed by atoms with Crippen molar-refractivity contribution in [2.75, 3.05) is 0 Å². The number of aliphatic hydroxyl groups is 2. The number of aliphatic hydroxyl groups excluding tert-OH is 2. The Morgan fingerprint density at radius 3 is 1.89 bits per heavy atom. The summed E-state index contributed by atoms with van der Waals surface area (Å²) in [5, 5.41) is 27.6. The molecule has 0 bridgehead atoms. The molecule has 0 aliphatic carbocycles. The van der Waals surface area contributed by atoms with Crippen LogP contribution in [0.25, 0.3) is 11.1 Å². The summed E-state index contributed by atoms with van der Waals surface area (Å²) in [7, 11) is 0. The number of carboxylic acid groups (broad SMARTS) is 1. The van der Waals surface area contributed by atoms with Crippen LogP contribution >= 0.6 is 0 Å². The summed E-state index contributed by atoms with van der Waals surface area (Å²) in [6.07, 6.45) is -3.25. The van der Waals surface area contributed by atoms with Gasteiger partial charge in [0.1, 0.15) is 6.10 Å². The molecule has 0 radical (unpaired) electrons. The van der Waals surface area contributed by atoms with Crippen molar-refractivity contribution in [2.24, 2.45) is 0 Å². The van der Waals surface area contributed by atoms with Crippen LogP contribution in [-0.2, 0) is 4.79 Å². The van der Waals surface area contributed by atoms with E-state index in [4.69, 9.17) is 5.11 Å². The van der Waals surface area contributed by atoms with Crippen molar-refractivity contribution < 1.29 is 20.1 Å². The minimum absolute atomic E-state index is 0.370. The zero-order valence-electron chi connectivity index (χ0n) is 10.1. The van der Waals surface area contributed by atoms with E-state index in [1.807, 2.05) is 30.3 Å². The Balaban J connectivity index is 2.22. The number of carbonyl (C=O) groups is 1. The summed E-state index contributed by atoms with van der Waals surface area (Å²) in [5.41, 5.74) is 2.36. The number of carboxylic acids is 1. The lowest BCUT2D eigenvalue weighted by molar-refractivity contribution is -0.153. The second-order valence-corrected chi connectivity index (χ2v) is 4.22. The Hall–Kier alpha value is -2.17. The van der Waals surface area contributed by atoms with Crippen LogP contribution in [0.1, 0.15) is 11.7 Å². The number of hydrogen-bond acceptors (Lipinski definition) is 3. The van der Waals surface area contributed by atoms with Gasteiger partial charge in [-0.15, -0.1) is 0 Å². The van der Waals surface area contributed by atoms with Crippen LogP contribution in [0.5, 0.6) is 0 Å². The van der Waals surface area contributed by atoms with Crippen LogP contribution in [0.4, 0.5) is 0 Å². The van der Waals surface area contributed by atoms with Crippen LogP contribution < -0.4 is 0 Å². The fourth-order valence-corrected chi connectivity index (χ4v) is 1.82. The number of hydrogen-bond donors (Lipinski definition) is 3. The lowest BCUT2D eigenvalue weighted by Crippen LogP contribution is -2.27. The standard InChI is InChI=1S/C15H14O4/c16-13(14(17)15(18)19)12-8-6-11(7-9-12)10-4-2-1-3-5-10/h1-9,13-14,16-17H,(H,18,19). The van der Waals surface area contributed by atoms with Gasteiger partial charge < -0.3 is 15.3 Å². The molecule has 2 aromatic rings. The van der Waals surface area contributed by atoms with Gasteiger partial charge in [0.2, 0.25) is 0 Å². The molecular weight excluding hydrogens is 244 g/mol. The number of rotatable bonds is 4. The smallest absolute Gasteiger partial charge is 0.335 e. The second-order valence-electron chi connectivity index (χ2n) is 4.22. The lowest BCUT2D eigenvalue weighted by Gasteiger charge is -2.14. The molecule has 98 valence electrons. The van der Waals surface area contributed by atoms with Crippen LogP contribution in [0.2, 0.25) is 0 Å². The van der Waals surface area contributed by atoms with Crippen molar-refractivity contribution in [3.05, 3.63) is 60.2 Å². The first-order valence-electron chi connectivity index (χ1n) is 5.84. The van der Waals surface area contributed by atoms with E-state index in [-0.39, 0.29) is 0 Å². The van der Waals surface area contributed by atoms with Gasteiger partial charge in [-0.2, -0.15) is 0 Å². The van der Waals surface area contributed by atoms with Crippen LogP contribution in [-0.4, -0.2) is 27.4 Å². The van der Waals surface area contributed by atoms with E-state index in [0.717, 1.165) is 11.1 Å². The average molecular weight is 258 g/mol. The van der Waals surface area contributed by atoms with E-state index in [9.17, 15) is 15.0 Å². The van der Waals surface area contributed by atoms with Gasteiger partial charge in [-0.1, -0.05) is 54.6 Å². The molecule has 0 aliphatic heterocycles. The van der Waals surface area contributed by atoms with Gasteiger partial charge in [0.05, 0.1) is 0 Å². The zero-order valence-corrected chi connectivity index (χ0v) is 10.1. The first-order chi connectivity index (χ1) is 9.09. The molecule has 2 aromatic carbocycles. The summed E-state index contributed by atoms with van der Waals surface area (Å²) in [4.78, 5) is 10.6. The molecule has 4 nitrogen and oxygen atoms in total. The highest BCUT2D eigenvalue weighted by Gasteiger charge is 2.24. The van der Waals surface area contributed by atoms with E-state index < -0.39 is 18.2 Å². The van der Waals surface area contributed by atoms with Crippen LogP contribution in [0, 0.1) is 0 Å². The quantitative estimate of drug-likeness (QED) is 0.782.